The second-order valence-corrected chi connectivity index (χ2v) is 19.4. The van der Waals surface area contributed by atoms with Gasteiger partial charge in [-0.3, -0.25) is 28.8 Å². The summed E-state index contributed by atoms with van der Waals surface area (Å²) in [7, 11) is 5.84. The van der Waals surface area contributed by atoms with Gasteiger partial charge in [-0.25, -0.2) is 0 Å². The molecule has 0 aliphatic rings. The number of halogens is 6. The number of anilines is 2. The lowest BCUT2D eigenvalue weighted by atomic mass is 10.0. The molecule has 19 nitrogen and oxygen atoms in total. The number of carbonyl (C=O) groups excluding carboxylic acids is 6. The number of amides is 5. The number of rotatable bonds is 21. The Morgan fingerprint density at radius 3 is 1.63 bits per heavy atom. The number of Topliss-reactive ketones (excluding diaryl/α,β-unsaturated/α-hetero) is 1. The molecule has 0 spiro atoms. The van der Waals surface area contributed by atoms with Crippen LogP contribution in [-0.2, 0) is 14.3 Å². The highest BCUT2D eigenvalue weighted by Gasteiger charge is 2.37. The summed E-state index contributed by atoms with van der Waals surface area (Å²) in [6.45, 7) is -4.78. The quantitative estimate of drug-likeness (QED) is 0.0606. The summed E-state index contributed by atoms with van der Waals surface area (Å²) in [5.41, 5.74) is 5.33. The third-order valence-corrected chi connectivity index (χ3v) is 14.4. The molecule has 0 heterocycles. The third-order valence-electron chi connectivity index (χ3n) is 8.07. The van der Waals surface area contributed by atoms with Gasteiger partial charge in [0.2, 0.25) is 5.91 Å². The Hall–Kier alpha value is -0.480. The Balaban J connectivity index is 3.12. The van der Waals surface area contributed by atoms with Crippen LogP contribution in [0.25, 0.3) is 0 Å². The predicted molar refractivity (Wildman–Crippen MR) is 266 cm³/mol. The summed E-state index contributed by atoms with van der Waals surface area (Å²) in [6.07, 6.45) is -4.10. The topological polar surface area (TPSA) is 284 Å². The van der Waals surface area contributed by atoms with Crippen molar-refractivity contribution in [3.05, 3.63) is 43.7 Å². The van der Waals surface area contributed by atoms with Crippen molar-refractivity contribution in [2.45, 2.75) is 18.3 Å². The number of nitrogens with zero attached hydrogens (tertiary/aromatic N) is 4. The maximum atomic E-state index is 14.9. The maximum absolute atomic E-state index is 14.9. The Morgan fingerprint density at radius 1 is 0.644 bits per heavy atom. The van der Waals surface area contributed by atoms with Gasteiger partial charge in [0.25, 0.3) is 23.6 Å². The third kappa shape index (κ3) is 13.8. The first kappa shape index (κ1) is 54.7. The summed E-state index contributed by atoms with van der Waals surface area (Å²) in [5, 5.41) is 61.6. The summed E-state index contributed by atoms with van der Waals surface area (Å²) < 4.78 is 5.76. The van der Waals surface area contributed by atoms with Crippen molar-refractivity contribution in [3.8, 4) is 0 Å². The summed E-state index contributed by atoms with van der Waals surface area (Å²) in [6, 6.07) is 0. The minimum absolute atomic E-state index is 0.0148. The van der Waals surface area contributed by atoms with E-state index < -0.39 is 99.7 Å². The van der Waals surface area contributed by atoms with E-state index in [4.69, 9.17) is 10.5 Å². The van der Waals surface area contributed by atoms with Crippen molar-refractivity contribution < 1.29 is 64.1 Å². The average Bonchev–Trinajstić information content (AvgIpc) is 3.15. The van der Waals surface area contributed by atoms with Crippen LogP contribution < -0.4 is 20.9 Å². The standard InChI is InChI=1S/C34H42I6N6O13/c1-43(2)9-18(54)46(31-27(38)21(32(41)56)25(36)23(29(31)40)34(58)44(3)6-15(51)11-48)8-17(53)20-24(35)22(33(57)42-5-14(50)10-47)28(39)30(26(20)37)45(7-16(52)12-49)19(55)13-59-4/h14-16,47-52H,5-13H2,1-4H3,(H2,41,56)(H,42,57). The number of hydrogen-bond acceptors (Lipinski definition) is 14. The number of ether oxygens (including phenoxy) is 1. The van der Waals surface area contributed by atoms with E-state index >= 15 is 0 Å². The number of nitrogens with two attached hydrogens (primary N) is 1. The van der Waals surface area contributed by atoms with E-state index in [1.54, 1.807) is 127 Å². The molecule has 0 saturated carbocycles. The van der Waals surface area contributed by atoms with Gasteiger partial charge in [0, 0.05) is 43.5 Å². The number of primary amides is 1. The number of likely N-dealkylation sites (N-methyl/N-ethyl adjacent to an activating group) is 2. The lowest BCUT2D eigenvalue weighted by Crippen LogP contribution is -2.44. The molecular weight excluding hydrogens is 1460 g/mol. The fourth-order valence-corrected chi connectivity index (χ4v) is 14.9. The van der Waals surface area contributed by atoms with Gasteiger partial charge in [-0.1, -0.05) is 0 Å². The number of nitrogens with one attached hydrogen (secondary N) is 1. The molecule has 2 aromatic carbocycles. The Morgan fingerprint density at radius 2 is 1.12 bits per heavy atom. The first-order valence-corrected chi connectivity index (χ1v) is 23.4. The molecule has 25 heteroatoms. The van der Waals surface area contributed by atoms with Gasteiger partial charge in [0.1, 0.15) is 6.61 Å². The van der Waals surface area contributed by atoms with Crippen molar-refractivity contribution in [1.82, 2.24) is 15.1 Å². The minimum atomic E-state index is -1.47. The average molecular weight is 1500 g/mol. The van der Waals surface area contributed by atoms with Crippen molar-refractivity contribution >= 4 is 182 Å². The van der Waals surface area contributed by atoms with E-state index in [1.165, 1.54) is 19.1 Å². The highest BCUT2D eigenvalue weighted by molar-refractivity contribution is 14.1. The molecule has 3 atom stereocenters. The zero-order chi connectivity index (χ0) is 45.2. The second kappa shape index (κ2) is 25.1. The highest BCUT2D eigenvalue weighted by Crippen LogP contribution is 2.41. The molecule has 0 saturated heterocycles. The van der Waals surface area contributed by atoms with Crippen LogP contribution in [0, 0.1) is 21.4 Å². The molecule has 9 N–H and O–H groups in total. The molecule has 0 fully saturated rings. The zero-order valence-electron chi connectivity index (χ0n) is 31.8. The van der Waals surface area contributed by atoms with Crippen LogP contribution in [0.4, 0.5) is 11.4 Å². The smallest absolute Gasteiger partial charge is 0.255 e. The molecule has 0 aromatic heterocycles. The molecule has 0 aliphatic heterocycles. The number of ketones is 1. The number of carbonyl (C=O) groups is 6. The van der Waals surface area contributed by atoms with Crippen LogP contribution in [0.15, 0.2) is 0 Å². The fraction of sp³-hybridized carbons (Fsp3) is 0.471. The fourth-order valence-electron chi connectivity index (χ4n) is 5.29. The molecule has 3 unspecified atom stereocenters. The summed E-state index contributed by atoms with van der Waals surface area (Å²) in [5.74, 6) is -4.61. The zero-order valence-corrected chi connectivity index (χ0v) is 44.7. The number of benzene rings is 2. The van der Waals surface area contributed by atoms with Crippen molar-refractivity contribution in [1.29, 1.82) is 0 Å². The van der Waals surface area contributed by atoms with Gasteiger partial charge in [0.05, 0.1) is 96.5 Å². The Bertz CT molecular complexity index is 1940. The van der Waals surface area contributed by atoms with E-state index in [0.29, 0.717) is 0 Å². The van der Waals surface area contributed by atoms with Gasteiger partial charge < -0.3 is 66.0 Å². The highest BCUT2D eigenvalue weighted by atomic mass is 127. The number of hydrogen-bond donors (Lipinski definition) is 8. The molecule has 328 valence electrons. The first-order chi connectivity index (χ1) is 27.5. The molecule has 5 amide bonds. The van der Waals surface area contributed by atoms with Crippen LogP contribution in [0.2, 0.25) is 0 Å². The summed E-state index contributed by atoms with van der Waals surface area (Å²) >= 11 is 10.8. The van der Waals surface area contributed by atoms with Crippen LogP contribution in [0.3, 0.4) is 0 Å². The largest absolute Gasteiger partial charge is 0.394 e. The van der Waals surface area contributed by atoms with Gasteiger partial charge in [-0.15, -0.1) is 0 Å². The van der Waals surface area contributed by atoms with Crippen molar-refractivity contribution in [2.75, 3.05) is 97.2 Å². The van der Waals surface area contributed by atoms with Gasteiger partial charge in [-0.05, 0) is 150 Å². The first-order valence-electron chi connectivity index (χ1n) is 16.9. The van der Waals surface area contributed by atoms with E-state index in [9.17, 15) is 59.4 Å². The maximum Gasteiger partial charge on any atom is 0.255 e. The molecule has 2 rings (SSSR count). The lowest BCUT2D eigenvalue weighted by molar-refractivity contribution is -0.122. The Kier molecular flexibility index (Phi) is 23.3. The van der Waals surface area contributed by atoms with Gasteiger partial charge >= 0.3 is 0 Å². The summed E-state index contributed by atoms with van der Waals surface area (Å²) in [4.78, 5) is 88.4. The molecule has 2 aromatic rings. The van der Waals surface area contributed by atoms with Crippen LogP contribution in [0.5, 0.6) is 0 Å². The van der Waals surface area contributed by atoms with Crippen LogP contribution in [-0.4, -0.2) is 181 Å². The number of aliphatic hydroxyl groups excluding tert-OH is 6. The number of methoxy groups -OCH3 is 1. The molecule has 0 aliphatic carbocycles. The molecular formula is C34H42I6N6O13. The van der Waals surface area contributed by atoms with Crippen molar-refractivity contribution in [3.63, 3.8) is 0 Å². The van der Waals surface area contributed by atoms with E-state index in [1.807, 2.05) is 22.6 Å². The molecule has 59 heavy (non-hydrogen) atoms. The molecule has 0 bridgehead atoms. The van der Waals surface area contributed by atoms with Gasteiger partial charge in [0.15, 0.2) is 5.78 Å². The normalized spacial score (nSPS) is 12.8. The van der Waals surface area contributed by atoms with E-state index in [2.05, 4.69) is 5.32 Å². The predicted octanol–water partition coefficient (Wildman–Crippen LogP) is 0.0314. The van der Waals surface area contributed by atoms with Crippen molar-refractivity contribution in [2.24, 2.45) is 5.73 Å². The van der Waals surface area contributed by atoms with Gasteiger partial charge in [-0.2, -0.15) is 0 Å². The Labute approximate surface area is 421 Å². The van der Waals surface area contributed by atoms with E-state index in [0.717, 1.165) is 14.7 Å². The number of aliphatic hydroxyl groups is 6. The monoisotopic (exact) mass is 1500 g/mol. The minimum Gasteiger partial charge on any atom is -0.394 e. The SMILES string of the molecule is COCC(=O)N(CC(O)CO)c1c(I)c(C(=O)CN(C(=O)CN(C)C)c2c(I)c(C(N)=O)c(I)c(C(=O)N(C)CC(O)CO)c2I)c(I)c(C(=O)NCC(O)CO)c1I. The molecule has 0 radical (unpaired) electrons. The van der Waals surface area contributed by atoms with E-state index in [-0.39, 0.29) is 68.1 Å². The second-order valence-electron chi connectivity index (χ2n) is 12.9. The van der Waals surface area contributed by atoms with Crippen LogP contribution in [0.1, 0.15) is 41.4 Å². The lowest BCUT2D eigenvalue weighted by Gasteiger charge is -2.31. The van der Waals surface area contributed by atoms with Crippen LogP contribution >= 0.6 is 136 Å².